The predicted octanol–water partition coefficient (Wildman–Crippen LogP) is 0.612. The van der Waals surface area contributed by atoms with Crippen LogP contribution in [-0.4, -0.2) is 33.7 Å². The van der Waals surface area contributed by atoms with Gasteiger partial charge < -0.3 is 14.9 Å². The summed E-state index contributed by atoms with van der Waals surface area (Å²) in [7, 11) is 0. The molecule has 17 heavy (non-hydrogen) atoms. The van der Waals surface area contributed by atoms with Gasteiger partial charge in [-0.2, -0.15) is 4.98 Å². The van der Waals surface area contributed by atoms with E-state index in [4.69, 9.17) is 9.63 Å². The van der Waals surface area contributed by atoms with E-state index in [0.29, 0.717) is 5.82 Å². The summed E-state index contributed by atoms with van der Waals surface area (Å²) >= 11 is 1.41. The molecular formula is C9H7N3O4S. The van der Waals surface area contributed by atoms with Crippen molar-refractivity contribution in [2.75, 3.05) is 6.54 Å². The maximum Gasteiger partial charge on any atom is 0.322 e. The lowest BCUT2D eigenvalue weighted by Gasteiger charge is -1.95. The molecule has 1 amide bonds. The van der Waals surface area contributed by atoms with Crippen LogP contribution in [0.4, 0.5) is 0 Å². The van der Waals surface area contributed by atoms with Gasteiger partial charge in [-0.15, -0.1) is 11.3 Å². The molecule has 0 aromatic carbocycles. The van der Waals surface area contributed by atoms with Gasteiger partial charge in [0.25, 0.3) is 0 Å². The Labute approximate surface area is 99.1 Å². The van der Waals surface area contributed by atoms with Gasteiger partial charge in [-0.05, 0) is 11.4 Å². The molecule has 2 aromatic rings. The molecule has 0 spiro atoms. The molecule has 8 heteroatoms. The summed E-state index contributed by atoms with van der Waals surface area (Å²) in [6, 6.07) is 3.61. The highest BCUT2D eigenvalue weighted by molar-refractivity contribution is 7.13. The quantitative estimate of drug-likeness (QED) is 0.827. The lowest BCUT2D eigenvalue weighted by molar-refractivity contribution is -0.135. The number of nitrogens with one attached hydrogen (secondary N) is 1. The minimum Gasteiger partial charge on any atom is -0.480 e. The molecule has 0 aliphatic heterocycles. The largest absolute Gasteiger partial charge is 0.480 e. The summed E-state index contributed by atoms with van der Waals surface area (Å²) < 4.78 is 4.72. The van der Waals surface area contributed by atoms with E-state index >= 15 is 0 Å². The fourth-order valence-corrected chi connectivity index (χ4v) is 1.70. The Morgan fingerprint density at radius 1 is 1.53 bits per heavy atom. The number of amides is 1. The number of thiophene rings is 1. The Kier molecular flexibility index (Phi) is 3.15. The molecule has 0 aliphatic rings. The van der Waals surface area contributed by atoms with E-state index in [1.165, 1.54) is 11.3 Å². The maximum absolute atomic E-state index is 11.4. The van der Waals surface area contributed by atoms with E-state index in [0.717, 1.165) is 4.88 Å². The SMILES string of the molecule is O=C(O)CNC(=O)c1nc(-c2cccs2)no1. The second kappa shape index (κ2) is 4.74. The zero-order valence-corrected chi connectivity index (χ0v) is 9.23. The molecule has 0 saturated carbocycles. The highest BCUT2D eigenvalue weighted by atomic mass is 32.1. The highest BCUT2D eigenvalue weighted by Crippen LogP contribution is 2.20. The Morgan fingerprint density at radius 3 is 3.00 bits per heavy atom. The molecule has 7 nitrogen and oxygen atoms in total. The molecule has 2 aromatic heterocycles. The van der Waals surface area contributed by atoms with Crippen LogP contribution in [0.15, 0.2) is 22.0 Å². The summed E-state index contributed by atoms with van der Waals surface area (Å²) in [5.74, 6) is -1.80. The van der Waals surface area contributed by atoms with Gasteiger partial charge in [0.2, 0.25) is 5.82 Å². The van der Waals surface area contributed by atoms with Crippen LogP contribution in [0.2, 0.25) is 0 Å². The molecule has 0 saturated heterocycles. The second-order valence-electron chi connectivity index (χ2n) is 2.98. The van der Waals surface area contributed by atoms with Gasteiger partial charge in [0, 0.05) is 0 Å². The van der Waals surface area contributed by atoms with Crippen molar-refractivity contribution < 1.29 is 19.2 Å². The van der Waals surface area contributed by atoms with Crippen molar-refractivity contribution in [1.82, 2.24) is 15.5 Å². The number of nitrogens with zero attached hydrogens (tertiary/aromatic N) is 2. The smallest absolute Gasteiger partial charge is 0.322 e. The van der Waals surface area contributed by atoms with Crippen molar-refractivity contribution in [3.05, 3.63) is 23.4 Å². The molecule has 0 aliphatic carbocycles. The number of carbonyl (C=O) groups is 2. The van der Waals surface area contributed by atoms with E-state index in [9.17, 15) is 9.59 Å². The van der Waals surface area contributed by atoms with E-state index < -0.39 is 18.4 Å². The zero-order valence-electron chi connectivity index (χ0n) is 8.41. The predicted molar refractivity (Wildman–Crippen MR) is 57.6 cm³/mol. The minimum atomic E-state index is -1.14. The number of hydrogen-bond acceptors (Lipinski definition) is 6. The van der Waals surface area contributed by atoms with Crippen LogP contribution >= 0.6 is 11.3 Å². The average molecular weight is 253 g/mol. The van der Waals surface area contributed by atoms with Crippen LogP contribution in [0.5, 0.6) is 0 Å². The third kappa shape index (κ3) is 2.67. The number of carbonyl (C=O) groups excluding carboxylic acids is 1. The average Bonchev–Trinajstić information content (AvgIpc) is 2.94. The molecule has 2 heterocycles. The summed E-state index contributed by atoms with van der Waals surface area (Å²) in [6.07, 6.45) is 0. The van der Waals surface area contributed by atoms with Gasteiger partial charge in [-0.25, -0.2) is 0 Å². The lowest BCUT2D eigenvalue weighted by Crippen LogP contribution is -2.29. The second-order valence-corrected chi connectivity index (χ2v) is 3.92. The topological polar surface area (TPSA) is 105 Å². The Balaban J connectivity index is 2.08. The van der Waals surface area contributed by atoms with Crippen molar-refractivity contribution in [2.45, 2.75) is 0 Å². The van der Waals surface area contributed by atoms with Gasteiger partial charge in [0.15, 0.2) is 0 Å². The first-order chi connectivity index (χ1) is 8.16. The number of aliphatic carboxylic acids is 1. The van der Waals surface area contributed by atoms with Gasteiger partial charge in [0.05, 0.1) is 4.88 Å². The third-order valence-electron chi connectivity index (χ3n) is 1.76. The molecule has 0 unspecified atom stereocenters. The number of carboxylic acids is 1. The van der Waals surface area contributed by atoms with Gasteiger partial charge >= 0.3 is 17.8 Å². The summed E-state index contributed by atoms with van der Waals surface area (Å²) in [5.41, 5.74) is 0. The van der Waals surface area contributed by atoms with Crippen LogP contribution in [-0.2, 0) is 4.79 Å². The molecule has 88 valence electrons. The van der Waals surface area contributed by atoms with Gasteiger partial charge in [-0.1, -0.05) is 11.2 Å². The Morgan fingerprint density at radius 2 is 2.35 bits per heavy atom. The highest BCUT2D eigenvalue weighted by Gasteiger charge is 2.16. The number of carboxylic acid groups (broad SMARTS) is 1. The molecule has 0 bridgehead atoms. The van der Waals surface area contributed by atoms with Crippen molar-refractivity contribution in [3.63, 3.8) is 0 Å². The van der Waals surface area contributed by atoms with Crippen molar-refractivity contribution in [3.8, 4) is 10.7 Å². The fraction of sp³-hybridized carbons (Fsp3) is 0.111. The molecule has 2 rings (SSSR count). The van der Waals surface area contributed by atoms with Crippen molar-refractivity contribution in [1.29, 1.82) is 0 Å². The van der Waals surface area contributed by atoms with Gasteiger partial charge in [0.1, 0.15) is 6.54 Å². The minimum absolute atomic E-state index is 0.255. The van der Waals surface area contributed by atoms with Crippen LogP contribution in [0, 0.1) is 0 Å². The summed E-state index contributed by atoms with van der Waals surface area (Å²) in [5, 5.41) is 16.0. The van der Waals surface area contributed by atoms with E-state index in [1.54, 1.807) is 6.07 Å². The molecule has 2 N–H and O–H groups in total. The van der Waals surface area contributed by atoms with E-state index in [-0.39, 0.29) is 5.89 Å². The van der Waals surface area contributed by atoms with Crippen molar-refractivity contribution >= 4 is 23.2 Å². The van der Waals surface area contributed by atoms with Gasteiger partial charge in [-0.3, -0.25) is 9.59 Å². The molecular weight excluding hydrogens is 246 g/mol. The van der Waals surface area contributed by atoms with E-state index in [1.807, 2.05) is 11.4 Å². The first kappa shape index (κ1) is 11.3. The van der Waals surface area contributed by atoms with Crippen LogP contribution in [0.1, 0.15) is 10.7 Å². The number of rotatable bonds is 4. The first-order valence-corrected chi connectivity index (χ1v) is 5.42. The van der Waals surface area contributed by atoms with Crippen molar-refractivity contribution in [2.24, 2.45) is 0 Å². The Hall–Kier alpha value is -2.22. The zero-order chi connectivity index (χ0) is 12.3. The van der Waals surface area contributed by atoms with Crippen LogP contribution in [0.25, 0.3) is 10.7 Å². The summed E-state index contributed by atoms with van der Waals surface area (Å²) in [4.78, 5) is 26.2. The number of aromatic nitrogens is 2. The molecule has 0 fully saturated rings. The molecule has 0 radical (unpaired) electrons. The maximum atomic E-state index is 11.4. The molecule has 0 atom stereocenters. The standard InChI is InChI=1S/C9H7N3O4S/c13-6(14)4-10-8(15)9-11-7(12-16-9)5-2-1-3-17-5/h1-3H,4H2,(H,10,15)(H,13,14). The Bertz CT molecular complexity index is 534. The normalized spacial score (nSPS) is 10.1. The third-order valence-corrected chi connectivity index (χ3v) is 2.63. The van der Waals surface area contributed by atoms with Crippen LogP contribution in [0.3, 0.4) is 0 Å². The van der Waals surface area contributed by atoms with Crippen LogP contribution < -0.4 is 5.32 Å². The number of hydrogen-bond donors (Lipinski definition) is 2. The lowest BCUT2D eigenvalue weighted by atomic mass is 10.4. The van der Waals surface area contributed by atoms with E-state index in [2.05, 4.69) is 15.5 Å². The first-order valence-electron chi connectivity index (χ1n) is 4.54. The summed E-state index contributed by atoms with van der Waals surface area (Å²) in [6.45, 7) is -0.491. The fourth-order valence-electron chi connectivity index (χ4n) is 1.05. The monoisotopic (exact) mass is 253 g/mol.